The van der Waals surface area contributed by atoms with E-state index in [1.165, 1.54) is 18.2 Å². The number of carbonyl (C=O) groups is 1. The number of ether oxygens (including phenoxy) is 1. The van der Waals surface area contributed by atoms with Crippen molar-refractivity contribution in [1.29, 1.82) is 0 Å². The van der Waals surface area contributed by atoms with Crippen LogP contribution in [0.15, 0.2) is 18.2 Å². The summed E-state index contributed by atoms with van der Waals surface area (Å²) in [5, 5.41) is 11.0. The molecule has 0 unspecified atom stereocenters. The monoisotopic (exact) mass is 339 g/mol. The lowest BCUT2D eigenvalue weighted by molar-refractivity contribution is -0.384. The van der Waals surface area contributed by atoms with E-state index in [2.05, 4.69) is 20.8 Å². The number of halogens is 1. The fourth-order valence-corrected chi connectivity index (χ4v) is 3.43. The minimum Gasteiger partial charge on any atom is -0.458 e. The van der Waals surface area contributed by atoms with E-state index < -0.39 is 10.9 Å². The Hall–Kier alpha value is -1.62. The highest BCUT2D eigenvalue weighted by Gasteiger charge is 2.34. The number of esters is 1. The number of hydrogen-bond acceptors (Lipinski definition) is 4. The van der Waals surface area contributed by atoms with E-state index in [1.807, 2.05) is 0 Å². The Morgan fingerprint density at radius 3 is 2.70 bits per heavy atom. The lowest BCUT2D eigenvalue weighted by Gasteiger charge is -2.36. The number of non-ortho nitro benzene ring substituents is 1. The number of hydrogen-bond donors (Lipinski definition) is 0. The quantitative estimate of drug-likeness (QED) is 0.446. The fraction of sp³-hybridized carbons (Fsp3) is 0.588. The molecule has 0 saturated heterocycles. The van der Waals surface area contributed by atoms with Crippen LogP contribution in [0.25, 0.3) is 0 Å². The Kier molecular flexibility index (Phi) is 5.63. The van der Waals surface area contributed by atoms with Gasteiger partial charge in [0, 0.05) is 12.1 Å². The van der Waals surface area contributed by atoms with Crippen molar-refractivity contribution in [3.8, 4) is 0 Å². The van der Waals surface area contributed by atoms with Gasteiger partial charge in [-0.25, -0.2) is 4.79 Å². The summed E-state index contributed by atoms with van der Waals surface area (Å²) in [5.74, 6) is 0.653. The zero-order valence-electron chi connectivity index (χ0n) is 13.6. The highest BCUT2D eigenvalue weighted by atomic mass is 35.5. The van der Waals surface area contributed by atoms with Gasteiger partial charge in [0.05, 0.1) is 15.5 Å². The Morgan fingerprint density at radius 2 is 2.09 bits per heavy atom. The summed E-state index contributed by atoms with van der Waals surface area (Å²) in [4.78, 5) is 22.8. The molecule has 3 atom stereocenters. The maximum absolute atomic E-state index is 12.5. The molecule has 1 aliphatic carbocycles. The summed E-state index contributed by atoms with van der Waals surface area (Å²) >= 11 is 6.02. The van der Waals surface area contributed by atoms with Crippen molar-refractivity contribution in [2.45, 2.75) is 46.1 Å². The molecule has 0 radical (unpaired) electrons. The van der Waals surface area contributed by atoms with Crippen LogP contribution in [-0.4, -0.2) is 17.0 Å². The van der Waals surface area contributed by atoms with Gasteiger partial charge in [-0.1, -0.05) is 38.8 Å². The molecule has 5 nitrogen and oxygen atoms in total. The van der Waals surface area contributed by atoms with Gasteiger partial charge in [0.1, 0.15) is 6.10 Å². The van der Waals surface area contributed by atoms with Crippen molar-refractivity contribution in [3.63, 3.8) is 0 Å². The summed E-state index contributed by atoms with van der Waals surface area (Å²) in [5.41, 5.74) is -0.111. The Labute approximate surface area is 141 Å². The molecule has 2 rings (SSSR count). The van der Waals surface area contributed by atoms with E-state index in [9.17, 15) is 14.9 Å². The van der Waals surface area contributed by atoms with E-state index in [0.29, 0.717) is 17.8 Å². The predicted molar refractivity (Wildman–Crippen MR) is 88.7 cm³/mol. The molecule has 0 N–H and O–H groups in total. The maximum Gasteiger partial charge on any atom is 0.340 e. The van der Waals surface area contributed by atoms with Crippen molar-refractivity contribution in [2.75, 3.05) is 0 Å². The van der Waals surface area contributed by atoms with Gasteiger partial charge in [0.15, 0.2) is 0 Å². The molecular weight excluding hydrogens is 318 g/mol. The first kappa shape index (κ1) is 17.7. The van der Waals surface area contributed by atoms with Crippen LogP contribution < -0.4 is 0 Å². The first-order chi connectivity index (χ1) is 10.8. The molecule has 1 fully saturated rings. The maximum atomic E-state index is 12.5. The lowest BCUT2D eigenvalue weighted by Crippen LogP contribution is -2.35. The van der Waals surface area contributed by atoms with Crippen LogP contribution in [0.5, 0.6) is 0 Å². The second-order valence-electron chi connectivity index (χ2n) is 6.69. The third kappa shape index (κ3) is 4.22. The topological polar surface area (TPSA) is 69.4 Å². The average molecular weight is 340 g/mol. The molecule has 0 aliphatic heterocycles. The third-order valence-electron chi connectivity index (χ3n) is 4.60. The van der Waals surface area contributed by atoms with Gasteiger partial charge in [-0.15, -0.1) is 0 Å². The number of nitro groups is 1. The summed E-state index contributed by atoms with van der Waals surface area (Å²) in [6, 6.07) is 3.82. The molecule has 1 aliphatic rings. The third-order valence-corrected chi connectivity index (χ3v) is 4.93. The van der Waals surface area contributed by atoms with Crippen LogP contribution in [0.1, 0.15) is 50.4 Å². The van der Waals surface area contributed by atoms with Gasteiger partial charge < -0.3 is 4.74 Å². The zero-order valence-corrected chi connectivity index (χ0v) is 14.4. The molecule has 0 heterocycles. The van der Waals surface area contributed by atoms with Crippen molar-refractivity contribution < 1.29 is 14.5 Å². The van der Waals surface area contributed by atoms with Gasteiger partial charge in [-0.3, -0.25) is 10.1 Å². The van der Waals surface area contributed by atoms with E-state index in [0.717, 1.165) is 19.3 Å². The van der Waals surface area contributed by atoms with E-state index in [1.54, 1.807) is 0 Å². The van der Waals surface area contributed by atoms with Crippen molar-refractivity contribution >= 4 is 23.3 Å². The van der Waals surface area contributed by atoms with Crippen LogP contribution in [0.2, 0.25) is 5.02 Å². The van der Waals surface area contributed by atoms with Crippen molar-refractivity contribution in [3.05, 3.63) is 38.9 Å². The van der Waals surface area contributed by atoms with Crippen molar-refractivity contribution in [1.82, 2.24) is 0 Å². The lowest BCUT2D eigenvalue weighted by atomic mass is 9.75. The summed E-state index contributed by atoms with van der Waals surface area (Å²) < 4.78 is 5.69. The molecule has 0 aromatic heterocycles. The van der Waals surface area contributed by atoms with Gasteiger partial charge in [0.2, 0.25) is 0 Å². The van der Waals surface area contributed by atoms with Crippen LogP contribution in [0.4, 0.5) is 5.69 Å². The standard InChI is InChI=1S/C17H22ClNO4/c1-10(2)13-6-4-11(3)8-16(13)23-17(20)14-9-12(19(21)22)5-7-15(14)18/h5,7,9-11,13,16H,4,6,8H2,1-3H3/t11-,13+,16-/m1/s1. The molecular formula is C17H22ClNO4. The first-order valence-electron chi connectivity index (χ1n) is 7.94. The second-order valence-corrected chi connectivity index (χ2v) is 7.10. The van der Waals surface area contributed by atoms with Crippen LogP contribution >= 0.6 is 11.6 Å². The molecule has 1 saturated carbocycles. The fourth-order valence-electron chi connectivity index (χ4n) is 3.23. The normalized spacial score (nSPS) is 24.5. The van der Waals surface area contributed by atoms with Gasteiger partial charge in [-0.05, 0) is 36.7 Å². The number of rotatable bonds is 4. The molecule has 126 valence electrons. The first-order valence-corrected chi connectivity index (χ1v) is 8.32. The number of nitrogens with zero attached hydrogens (tertiary/aromatic N) is 1. The van der Waals surface area contributed by atoms with E-state index >= 15 is 0 Å². The van der Waals surface area contributed by atoms with Gasteiger partial charge in [-0.2, -0.15) is 0 Å². The molecule has 0 bridgehead atoms. The highest BCUT2D eigenvalue weighted by Crippen LogP contribution is 2.36. The van der Waals surface area contributed by atoms with E-state index in [-0.39, 0.29) is 22.4 Å². The van der Waals surface area contributed by atoms with Gasteiger partial charge >= 0.3 is 5.97 Å². The zero-order chi connectivity index (χ0) is 17.1. The Morgan fingerprint density at radius 1 is 1.39 bits per heavy atom. The molecule has 0 amide bonds. The number of benzene rings is 1. The van der Waals surface area contributed by atoms with E-state index in [4.69, 9.17) is 16.3 Å². The SMILES string of the molecule is CC(C)[C@@H]1CC[C@@H](C)C[C@H]1OC(=O)c1cc([N+](=O)[O-])ccc1Cl. The average Bonchev–Trinajstić information content (AvgIpc) is 2.46. The Balaban J connectivity index is 2.20. The van der Waals surface area contributed by atoms with Crippen LogP contribution in [0, 0.1) is 27.9 Å². The van der Waals surface area contributed by atoms with Crippen molar-refractivity contribution in [2.24, 2.45) is 17.8 Å². The molecule has 0 spiro atoms. The largest absolute Gasteiger partial charge is 0.458 e. The van der Waals surface area contributed by atoms with Crippen LogP contribution in [0.3, 0.4) is 0 Å². The molecule has 6 heteroatoms. The number of carbonyl (C=O) groups excluding carboxylic acids is 1. The van der Waals surface area contributed by atoms with Crippen LogP contribution in [-0.2, 0) is 4.74 Å². The minimum absolute atomic E-state index is 0.0570. The smallest absolute Gasteiger partial charge is 0.340 e. The molecule has 1 aromatic rings. The Bertz CT molecular complexity index is 602. The summed E-state index contributed by atoms with van der Waals surface area (Å²) in [6.45, 7) is 6.40. The van der Waals surface area contributed by atoms with Gasteiger partial charge in [0.25, 0.3) is 5.69 Å². The molecule has 23 heavy (non-hydrogen) atoms. The summed E-state index contributed by atoms with van der Waals surface area (Å²) in [7, 11) is 0. The second kappa shape index (κ2) is 7.30. The summed E-state index contributed by atoms with van der Waals surface area (Å²) in [6.07, 6.45) is 2.82. The highest BCUT2D eigenvalue weighted by molar-refractivity contribution is 6.33. The molecule has 1 aromatic carbocycles. The minimum atomic E-state index is -0.580. The predicted octanol–water partition coefficient (Wildman–Crippen LogP) is 4.87. The number of nitro benzene ring substituents is 1.